The van der Waals surface area contributed by atoms with Gasteiger partial charge in [-0.05, 0) is 32.6 Å². The number of carbonyl (C=O) groups excluding carboxylic acids is 1. The van der Waals surface area contributed by atoms with E-state index in [0.717, 1.165) is 32.1 Å². The lowest BCUT2D eigenvalue weighted by Crippen LogP contribution is -2.36. The highest BCUT2D eigenvalue weighted by molar-refractivity contribution is 5.82. The summed E-state index contributed by atoms with van der Waals surface area (Å²) in [6.45, 7) is 4.35. The number of carbonyl (C=O) groups is 1. The van der Waals surface area contributed by atoms with Crippen LogP contribution in [0.5, 0.6) is 0 Å². The molecule has 0 spiro atoms. The summed E-state index contributed by atoms with van der Waals surface area (Å²) < 4.78 is 5.58. The molecule has 1 aliphatic carbocycles. The van der Waals surface area contributed by atoms with Gasteiger partial charge >= 0.3 is 0 Å². The molecule has 1 rings (SSSR count). The third-order valence-corrected chi connectivity index (χ3v) is 4.78. The Hall–Kier alpha value is -0.370. The average Bonchev–Trinajstić information content (AvgIpc) is 2.80. The second kappa shape index (κ2) is 8.73. The zero-order chi connectivity index (χ0) is 14.1. The van der Waals surface area contributed by atoms with E-state index in [4.69, 9.17) is 4.74 Å². The summed E-state index contributed by atoms with van der Waals surface area (Å²) >= 11 is 0. The number of hydrogen-bond donors (Lipinski definition) is 0. The second-order valence-electron chi connectivity index (χ2n) is 6.30. The van der Waals surface area contributed by atoms with Gasteiger partial charge in [-0.25, -0.2) is 0 Å². The first-order valence-corrected chi connectivity index (χ1v) is 8.22. The monoisotopic (exact) mass is 268 g/mol. The van der Waals surface area contributed by atoms with Crippen molar-refractivity contribution in [1.29, 1.82) is 0 Å². The van der Waals surface area contributed by atoms with Crippen molar-refractivity contribution in [3.63, 3.8) is 0 Å². The van der Waals surface area contributed by atoms with Gasteiger partial charge in [0, 0.05) is 19.4 Å². The summed E-state index contributed by atoms with van der Waals surface area (Å²) in [5.74, 6) is 0.591. The van der Waals surface area contributed by atoms with Crippen LogP contribution in [0, 0.1) is 5.92 Å². The number of methoxy groups -OCH3 is 1. The molecule has 2 atom stereocenters. The van der Waals surface area contributed by atoms with Gasteiger partial charge in [0.05, 0.1) is 5.60 Å². The van der Waals surface area contributed by atoms with Crippen LogP contribution in [0.4, 0.5) is 0 Å². The first-order chi connectivity index (χ1) is 9.14. The van der Waals surface area contributed by atoms with Gasteiger partial charge in [0.25, 0.3) is 0 Å². The summed E-state index contributed by atoms with van der Waals surface area (Å²) in [4.78, 5) is 12.3. The van der Waals surface area contributed by atoms with E-state index < -0.39 is 0 Å². The van der Waals surface area contributed by atoms with Gasteiger partial charge in [-0.3, -0.25) is 4.79 Å². The molecule has 0 heterocycles. The second-order valence-corrected chi connectivity index (χ2v) is 6.30. The van der Waals surface area contributed by atoms with E-state index in [-0.39, 0.29) is 11.5 Å². The quantitative estimate of drug-likeness (QED) is 0.527. The molecule has 0 saturated heterocycles. The van der Waals surface area contributed by atoms with Gasteiger partial charge in [0.2, 0.25) is 0 Å². The normalized spacial score (nSPS) is 26.8. The molecule has 0 aromatic heterocycles. The predicted molar refractivity (Wildman–Crippen MR) is 80.4 cm³/mol. The molecule has 2 unspecified atom stereocenters. The lowest BCUT2D eigenvalue weighted by atomic mass is 9.86. The van der Waals surface area contributed by atoms with Gasteiger partial charge in [-0.2, -0.15) is 0 Å². The molecule has 112 valence electrons. The van der Waals surface area contributed by atoms with Crippen molar-refractivity contribution in [2.24, 2.45) is 5.92 Å². The maximum atomic E-state index is 12.3. The number of Topliss-reactive ketones (excluding diaryl/α,β-unsaturated/α-hetero) is 1. The summed E-state index contributed by atoms with van der Waals surface area (Å²) in [6.07, 6.45) is 12.9. The van der Waals surface area contributed by atoms with E-state index in [1.807, 2.05) is 0 Å². The molecule has 0 aromatic carbocycles. The van der Waals surface area contributed by atoms with E-state index in [1.54, 1.807) is 7.11 Å². The first kappa shape index (κ1) is 16.7. The topological polar surface area (TPSA) is 26.3 Å². The van der Waals surface area contributed by atoms with Crippen LogP contribution in [0.25, 0.3) is 0 Å². The van der Waals surface area contributed by atoms with Crippen molar-refractivity contribution in [3.8, 4) is 0 Å². The summed E-state index contributed by atoms with van der Waals surface area (Å²) in [5.41, 5.74) is -0.182. The predicted octanol–water partition coefficient (Wildman–Crippen LogP) is 4.90. The fourth-order valence-electron chi connectivity index (χ4n) is 3.31. The fraction of sp³-hybridized carbons (Fsp3) is 0.941. The molecule has 0 amide bonds. The zero-order valence-corrected chi connectivity index (χ0v) is 13.2. The Morgan fingerprint density at radius 2 is 1.79 bits per heavy atom. The Morgan fingerprint density at radius 1 is 1.16 bits per heavy atom. The summed E-state index contributed by atoms with van der Waals surface area (Å²) in [5, 5.41) is 0. The average molecular weight is 268 g/mol. The Kier molecular flexibility index (Phi) is 7.67. The highest BCUT2D eigenvalue weighted by atomic mass is 16.5. The van der Waals surface area contributed by atoms with Crippen LogP contribution in [-0.4, -0.2) is 18.5 Å². The van der Waals surface area contributed by atoms with Crippen molar-refractivity contribution in [2.45, 2.75) is 90.1 Å². The summed E-state index contributed by atoms with van der Waals surface area (Å²) in [6, 6.07) is 0. The molecule has 0 radical (unpaired) electrons. The van der Waals surface area contributed by atoms with Crippen LogP contribution >= 0.6 is 0 Å². The zero-order valence-electron chi connectivity index (χ0n) is 13.2. The number of rotatable bonds is 10. The Labute approximate surface area is 119 Å². The molecule has 0 aliphatic heterocycles. The lowest BCUT2D eigenvalue weighted by Gasteiger charge is -2.29. The SMILES string of the molecule is CCCCCCCCCC(=O)C1CCCC1(C)OC. The highest BCUT2D eigenvalue weighted by Gasteiger charge is 2.42. The van der Waals surface area contributed by atoms with Crippen LogP contribution in [-0.2, 0) is 9.53 Å². The van der Waals surface area contributed by atoms with E-state index in [1.165, 1.54) is 38.5 Å². The smallest absolute Gasteiger partial charge is 0.138 e. The van der Waals surface area contributed by atoms with Gasteiger partial charge in [-0.1, -0.05) is 45.4 Å². The molecule has 0 N–H and O–H groups in total. The minimum atomic E-state index is -0.182. The van der Waals surface area contributed by atoms with Crippen LogP contribution in [0.3, 0.4) is 0 Å². The first-order valence-electron chi connectivity index (χ1n) is 8.22. The van der Waals surface area contributed by atoms with Crippen molar-refractivity contribution in [3.05, 3.63) is 0 Å². The standard InChI is InChI=1S/C17H32O2/c1-4-5-6-7-8-9-10-13-16(18)15-12-11-14-17(15,2)19-3/h15H,4-14H2,1-3H3. The molecule has 1 saturated carbocycles. The minimum Gasteiger partial charge on any atom is -0.378 e. The molecule has 1 fully saturated rings. The Morgan fingerprint density at radius 3 is 2.42 bits per heavy atom. The van der Waals surface area contributed by atoms with Crippen LogP contribution < -0.4 is 0 Å². The molecular formula is C17H32O2. The third-order valence-electron chi connectivity index (χ3n) is 4.78. The molecule has 19 heavy (non-hydrogen) atoms. The van der Waals surface area contributed by atoms with Gasteiger partial charge in [0.1, 0.15) is 5.78 Å². The number of ether oxygens (including phenoxy) is 1. The molecule has 1 aliphatic rings. The number of ketones is 1. The minimum absolute atomic E-state index is 0.151. The van der Waals surface area contributed by atoms with Crippen LogP contribution in [0.1, 0.15) is 84.5 Å². The van der Waals surface area contributed by atoms with Crippen molar-refractivity contribution < 1.29 is 9.53 Å². The van der Waals surface area contributed by atoms with E-state index in [2.05, 4.69) is 13.8 Å². The van der Waals surface area contributed by atoms with Crippen LogP contribution in [0.15, 0.2) is 0 Å². The van der Waals surface area contributed by atoms with Crippen molar-refractivity contribution >= 4 is 5.78 Å². The maximum absolute atomic E-state index is 12.3. The Balaban J connectivity index is 2.14. The summed E-state index contributed by atoms with van der Waals surface area (Å²) in [7, 11) is 1.75. The Bertz CT molecular complexity index is 262. The van der Waals surface area contributed by atoms with E-state index in [0.29, 0.717) is 5.78 Å². The molecule has 2 heteroatoms. The van der Waals surface area contributed by atoms with Gasteiger partial charge in [0.15, 0.2) is 0 Å². The lowest BCUT2D eigenvalue weighted by molar-refractivity contribution is -0.131. The fourth-order valence-corrected chi connectivity index (χ4v) is 3.31. The van der Waals surface area contributed by atoms with E-state index in [9.17, 15) is 4.79 Å². The molecule has 0 bridgehead atoms. The highest BCUT2D eigenvalue weighted by Crippen LogP contribution is 2.39. The number of unbranched alkanes of at least 4 members (excludes halogenated alkanes) is 6. The number of hydrogen-bond acceptors (Lipinski definition) is 2. The van der Waals surface area contributed by atoms with Gasteiger partial charge < -0.3 is 4.74 Å². The largest absolute Gasteiger partial charge is 0.378 e. The van der Waals surface area contributed by atoms with Crippen molar-refractivity contribution in [1.82, 2.24) is 0 Å². The van der Waals surface area contributed by atoms with Crippen LogP contribution in [0.2, 0.25) is 0 Å². The molecular weight excluding hydrogens is 236 g/mol. The maximum Gasteiger partial charge on any atom is 0.138 e. The van der Waals surface area contributed by atoms with Crippen molar-refractivity contribution in [2.75, 3.05) is 7.11 Å². The third kappa shape index (κ3) is 5.25. The molecule has 2 nitrogen and oxygen atoms in total. The van der Waals surface area contributed by atoms with E-state index >= 15 is 0 Å². The molecule has 0 aromatic rings. The van der Waals surface area contributed by atoms with Gasteiger partial charge in [-0.15, -0.1) is 0 Å².